The second-order valence-electron chi connectivity index (χ2n) is 9.26. The summed E-state index contributed by atoms with van der Waals surface area (Å²) in [7, 11) is -0.457. The monoisotopic (exact) mass is 374 g/mol. The van der Waals surface area contributed by atoms with Gasteiger partial charge in [-0.1, -0.05) is 20.8 Å². The molecule has 0 spiro atoms. The average molecular weight is 375 g/mol. The van der Waals surface area contributed by atoms with Crippen molar-refractivity contribution < 1.29 is 23.9 Å². The Morgan fingerprint density at radius 3 is 2.04 bits per heavy atom. The molecule has 146 valence electrons. The number of ether oxygens (including phenoxy) is 1. The Labute approximate surface area is 152 Å². The molecule has 2 atom stereocenters. The number of rotatable bonds is 3. The summed E-state index contributed by atoms with van der Waals surface area (Å²) in [5.74, 6) is 0. The predicted molar refractivity (Wildman–Crippen MR) is 99.5 cm³/mol. The lowest BCUT2D eigenvalue weighted by Crippen LogP contribution is -2.52. The Kier molecular flexibility index (Phi) is 6.22. The standard InChI is InChI=1S/C17H34N2O5Si/c1-16(2,3)23-15(22)18(7)12-10-19(14(20)21)11-13(12)24-25(8,9)17(4,5)6/h12-13H,10-11H2,1-9H3,(H,20,21). The van der Waals surface area contributed by atoms with Gasteiger partial charge >= 0.3 is 12.2 Å². The highest BCUT2D eigenvalue weighted by atomic mass is 28.4. The quantitative estimate of drug-likeness (QED) is 0.764. The second-order valence-corrected chi connectivity index (χ2v) is 14.0. The summed E-state index contributed by atoms with van der Waals surface area (Å²) in [6.45, 7) is 16.6. The van der Waals surface area contributed by atoms with Crippen LogP contribution in [0.15, 0.2) is 0 Å². The van der Waals surface area contributed by atoms with Crippen LogP contribution in [0.25, 0.3) is 0 Å². The van der Waals surface area contributed by atoms with Gasteiger partial charge in [0.25, 0.3) is 0 Å². The van der Waals surface area contributed by atoms with Crippen molar-refractivity contribution >= 4 is 20.5 Å². The lowest BCUT2D eigenvalue weighted by Gasteiger charge is -2.40. The van der Waals surface area contributed by atoms with Gasteiger partial charge < -0.3 is 24.1 Å². The zero-order valence-electron chi connectivity index (χ0n) is 17.0. The molecule has 8 heteroatoms. The Balaban J connectivity index is 3.00. The van der Waals surface area contributed by atoms with E-state index in [1.54, 1.807) is 27.8 Å². The van der Waals surface area contributed by atoms with E-state index in [0.29, 0.717) is 0 Å². The first kappa shape index (κ1) is 21.8. The van der Waals surface area contributed by atoms with Crippen LogP contribution < -0.4 is 0 Å². The molecule has 1 rings (SSSR count). The zero-order chi connectivity index (χ0) is 19.8. The van der Waals surface area contributed by atoms with E-state index in [0.717, 1.165) is 0 Å². The summed E-state index contributed by atoms with van der Waals surface area (Å²) in [5, 5.41) is 9.36. The molecule has 1 fully saturated rings. The maximum atomic E-state index is 12.4. The first-order chi connectivity index (χ1) is 11.0. The van der Waals surface area contributed by atoms with Gasteiger partial charge in [-0.3, -0.25) is 0 Å². The Morgan fingerprint density at radius 1 is 1.12 bits per heavy atom. The first-order valence-corrected chi connectivity index (χ1v) is 11.6. The molecular formula is C17H34N2O5Si. The summed E-state index contributed by atoms with van der Waals surface area (Å²) in [6, 6.07) is -0.361. The van der Waals surface area contributed by atoms with E-state index in [1.165, 1.54) is 9.80 Å². The van der Waals surface area contributed by atoms with Gasteiger partial charge in [-0.25, -0.2) is 9.59 Å². The van der Waals surface area contributed by atoms with E-state index in [1.807, 2.05) is 0 Å². The first-order valence-electron chi connectivity index (χ1n) is 8.66. The fourth-order valence-corrected chi connectivity index (χ4v) is 3.77. The van der Waals surface area contributed by atoms with Crippen LogP contribution in [0.3, 0.4) is 0 Å². The fraction of sp³-hybridized carbons (Fsp3) is 0.882. The van der Waals surface area contributed by atoms with Crippen molar-refractivity contribution in [2.24, 2.45) is 0 Å². The molecule has 2 amide bonds. The van der Waals surface area contributed by atoms with Crippen LogP contribution in [0.5, 0.6) is 0 Å². The topological polar surface area (TPSA) is 79.3 Å². The number of carbonyl (C=O) groups excluding carboxylic acids is 1. The van der Waals surface area contributed by atoms with Gasteiger partial charge in [0.1, 0.15) is 5.60 Å². The van der Waals surface area contributed by atoms with Gasteiger partial charge in [-0.15, -0.1) is 0 Å². The lowest BCUT2D eigenvalue weighted by atomic mass is 10.2. The molecule has 0 aromatic rings. The summed E-state index contributed by atoms with van der Waals surface area (Å²) in [4.78, 5) is 26.6. The predicted octanol–water partition coefficient (Wildman–Crippen LogP) is 3.61. The summed E-state index contributed by atoms with van der Waals surface area (Å²) in [5.41, 5.74) is -0.605. The number of likely N-dealkylation sites (N-methyl/N-ethyl adjacent to an activating group) is 1. The molecule has 1 aliphatic heterocycles. The van der Waals surface area contributed by atoms with Crippen molar-refractivity contribution in [3.8, 4) is 0 Å². The van der Waals surface area contributed by atoms with E-state index in [9.17, 15) is 14.7 Å². The number of carboxylic acid groups (broad SMARTS) is 1. The van der Waals surface area contributed by atoms with Gasteiger partial charge in [0.05, 0.1) is 18.7 Å². The van der Waals surface area contributed by atoms with E-state index in [-0.39, 0.29) is 30.3 Å². The number of hydrogen-bond acceptors (Lipinski definition) is 4. The van der Waals surface area contributed by atoms with Crippen LogP contribution in [0, 0.1) is 0 Å². The molecule has 0 aliphatic carbocycles. The molecule has 0 aromatic heterocycles. The Morgan fingerprint density at radius 2 is 1.64 bits per heavy atom. The van der Waals surface area contributed by atoms with Gasteiger partial charge in [-0.2, -0.15) is 0 Å². The van der Waals surface area contributed by atoms with Crippen LogP contribution in [0.2, 0.25) is 18.1 Å². The van der Waals surface area contributed by atoms with Crippen LogP contribution in [0.1, 0.15) is 41.5 Å². The highest BCUT2D eigenvalue weighted by Crippen LogP contribution is 2.38. The largest absolute Gasteiger partial charge is 0.465 e. The van der Waals surface area contributed by atoms with Crippen LogP contribution in [0.4, 0.5) is 9.59 Å². The van der Waals surface area contributed by atoms with Crippen molar-refractivity contribution in [2.75, 3.05) is 20.1 Å². The maximum absolute atomic E-state index is 12.4. The molecule has 7 nitrogen and oxygen atoms in total. The molecule has 25 heavy (non-hydrogen) atoms. The minimum atomic E-state index is -2.10. The van der Waals surface area contributed by atoms with Gasteiger partial charge in [0.15, 0.2) is 8.32 Å². The molecule has 0 saturated carbocycles. The third-order valence-electron chi connectivity index (χ3n) is 4.94. The molecule has 1 aliphatic rings. The Hall–Kier alpha value is -1.28. The number of carbonyl (C=O) groups is 2. The van der Waals surface area contributed by atoms with Crippen molar-refractivity contribution in [3.63, 3.8) is 0 Å². The summed E-state index contributed by atoms with van der Waals surface area (Å²) in [6.07, 6.45) is -1.81. The van der Waals surface area contributed by atoms with Gasteiger partial charge in [0.2, 0.25) is 0 Å². The molecule has 2 unspecified atom stereocenters. The lowest BCUT2D eigenvalue weighted by molar-refractivity contribution is 0.0125. The minimum absolute atomic E-state index is 0.00131. The SMILES string of the molecule is CN(C(=O)OC(C)(C)C)C1CN(C(=O)O)CC1O[Si](C)(C)C(C)(C)C. The zero-order valence-corrected chi connectivity index (χ0v) is 18.0. The van der Waals surface area contributed by atoms with Crippen molar-refractivity contribution in [1.82, 2.24) is 9.80 Å². The van der Waals surface area contributed by atoms with E-state index in [2.05, 4.69) is 33.9 Å². The van der Waals surface area contributed by atoms with Crippen molar-refractivity contribution in [1.29, 1.82) is 0 Å². The molecule has 0 bridgehead atoms. The molecular weight excluding hydrogens is 340 g/mol. The van der Waals surface area contributed by atoms with Crippen molar-refractivity contribution in [2.45, 2.75) is 77.4 Å². The molecule has 0 aromatic carbocycles. The minimum Gasteiger partial charge on any atom is -0.465 e. The van der Waals surface area contributed by atoms with E-state index < -0.39 is 26.1 Å². The van der Waals surface area contributed by atoms with Gasteiger partial charge in [0, 0.05) is 13.6 Å². The third-order valence-corrected chi connectivity index (χ3v) is 9.44. The van der Waals surface area contributed by atoms with Crippen molar-refractivity contribution in [3.05, 3.63) is 0 Å². The summed E-state index contributed by atoms with van der Waals surface area (Å²) < 4.78 is 11.9. The van der Waals surface area contributed by atoms with Crippen LogP contribution in [-0.4, -0.2) is 73.3 Å². The molecule has 1 heterocycles. The highest BCUT2D eigenvalue weighted by molar-refractivity contribution is 6.74. The highest BCUT2D eigenvalue weighted by Gasteiger charge is 2.46. The van der Waals surface area contributed by atoms with E-state index in [4.69, 9.17) is 9.16 Å². The number of amides is 2. The number of hydrogen-bond donors (Lipinski definition) is 1. The van der Waals surface area contributed by atoms with E-state index >= 15 is 0 Å². The van der Waals surface area contributed by atoms with Crippen LogP contribution >= 0.6 is 0 Å². The molecule has 0 radical (unpaired) electrons. The van der Waals surface area contributed by atoms with Gasteiger partial charge in [-0.05, 0) is 38.9 Å². The third kappa shape index (κ3) is 5.60. The Bertz CT molecular complexity index is 510. The smallest absolute Gasteiger partial charge is 0.410 e. The number of nitrogens with zero attached hydrogens (tertiary/aromatic N) is 2. The fourth-order valence-electron chi connectivity index (χ4n) is 2.43. The maximum Gasteiger partial charge on any atom is 0.410 e. The average Bonchev–Trinajstić information content (AvgIpc) is 2.77. The normalized spacial score (nSPS) is 22.0. The number of likely N-dealkylation sites (tertiary alicyclic amines) is 1. The molecule has 1 N–H and O–H groups in total. The van der Waals surface area contributed by atoms with Crippen LogP contribution in [-0.2, 0) is 9.16 Å². The molecule has 1 saturated heterocycles. The second kappa shape index (κ2) is 7.15. The summed E-state index contributed by atoms with van der Waals surface area (Å²) >= 11 is 0.